The van der Waals surface area contributed by atoms with E-state index in [-0.39, 0.29) is 17.2 Å². The van der Waals surface area contributed by atoms with E-state index in [1.54, 1.807) is 10.6 Å². The minimum absolute atomic E-state index is 0.0502. The number of fused-ring (bicyclic) bond motifs is 3. The van der Waals surface area contributed by atoms with Gasteiger partial charge in [0.05, 0.1) is 11.3 Å². The molecular weight excluding hydrogens is 430 g/mol. The van der Waals surface area contributed by atoms with Gasteiger partial charge in [-0.2, -0.15) is 0 Å². The van der Waals surface area contributed by atoms with Crippen LogP contribution in [0.1, 0.15) is 18.9 Å². The molecule has 10 heteroatoms. The Hall–Kier alpha value is -2.36. The lowest BCUT2D eigenvalue weighted by molar-refractivity contribution is -0.118. The van der Waals surface area contributed by atoms with E-state index in [0.29, 0.717) is 33.7 Å². The number of aryl methyl sites for hydroxylation is 1. The van der Waals surface area contributed by atoms with Crippen molar-refractivity contribution in [1.29, 1.82) is 0 Å². The van der Waals surface area contributed by atoms with Gasteiger partial charge in [-0.15, -0.1) is 21.5 Å². The van der Waals surface area contributed by atoms with Crippen molar-refractivity contribution < 1.29 is 4.79 Å². The summed E-state index contributed by atoms with van der Waals surface area (Å²) >= 11 is 8.81. The van der Waals surface area contributed by atoms with Crippen molar-refractivity contribution in [3.8, 4) is 0 Å². The molecule has 1 amide bonds. The Kier molecular flexibility index (Phi) is 5.89. The standard InChI is InChI=1S/C19H18ClN5O2S2/c1-2-8-24-17(27)16-14(7-9-28-16)25-18(24)22-23-19(25)29-11-15(26)21-10-12-5-3-4-6-13(12)20/h3-7,9H,2,8,10-11H2,1H3,(H,21,26). The van der Waals surface area contributed by atoms with Crippen LogP contribution in [-0.4, -0.2) is 30.8 Å². The van der Waals surface area contributed by atoms with Gasteiger partial charge in [-0.05, 0) is 29.5 Å². The van der Waals surface area contributed by atoms with Gasteiger partial charge in [-0.25, -0.2) is 0 Å². The Morgan fingerprint density at radius 2 is 2.10 bits per heavy atom. The van der Waals surface area contributed by atoms with Crippen molar-refractivity contribution in [3.63, 3.8) is 0 Å². The van der Waals surface area contributed by atoms with E-state index in [9.17, 15) is 9.59 Å². The lowest BCUT2D eigenvalue weighted by Crippen LogP contribution is -2.25. The number of hydrogen-bond donors (Lipinski definition) is 1. The van der Waals surface area contributed by atoms with E-state index in [0.717, 1.165) is 17.5 Å². The molecule has 1 N–H and O–H groups in total. The van der Waals surface area contributed by atoms with Crippen molar-refractivity contribution in [1.82, 2.24) is 24.5 Å². The predicted molar refractivity (Wildman–Crippen MR) is 117 cm³/mol. The van der Waals surface area contributed by atoms with Crippen LogP contribution in [0.25, 0.3) is 16.0 Å². The highest BCUT2D eigenvalue weighted by Gasteiger charge is 2.18. The summed E-state index contributed by atoms with van der Waals surface area (Å²) in [5.41, 5.74) is 1.58. The van der Waals surface area contributed by atoms with Crippen LogP contribution in [0.2, 0.25) is 5.02 Å². The van der Waals surface area contributed by atoms with E-state index in [4.69, 9.17) is 11.6 Å². The largest absolute Gasteiger partial charge is 0.351 e. The van der Waals surface area contributed by atoms with Crippen molar-refractivity contribution in [3.05, 3.63) is 56.7 Å². The van der Waals surface area contributed by atoms with Gasteiger partial charge in [0.2, 0.25) is 11.7 Å². The van der Waals surface area contributed by atoms with E-state index in [1.165, 1.54) is 23.1 Å². The molecule has 0 spiro atoms. The number of carbonyl (C=O) groups is 1. The van der Waals surface area contributed by atoms with Crippen LogP contribution < -0.4 is 10.9 Å². The predicted octanol–water partition coefficient (Wildman–Crippen LogP) is 3.58. The van der Waals surface area contributed by atoms with Crippen LogP contribution >= 0.6 is 34.7 Å². The number of benzene rings is 1. The first kappa shape index (κ1) is 19.9. The van der Waals surface area contributed by atoms with Gasteiger partial charge in [0, 0.05) is 18.1 Å². The third kappa shape index (κ3) is 3.90. The summed E-state index contributed by atoms with van der Waals surface area (Å²) < 4.78 is 4.17. The molecule has 0 unspecified atom stereocenters. The molecule has 7 nitrogen and oxygen atoms in total. The number of nitrogens with one attached hydrogen (secondary N) is 1. The molecule has 0 radical (unpaired) electrons. The Morgan fingerprint density at radius 3 is 2.90 bits per heavy atom. The van der Waals surface area contributed by atoms with Crippen LogP contribution in [0.5, 0.6) is 0 Å². The molecule has 4 aromatic rings. The van der Waals surface area contributed by atoms with Crippen molar-refractivity contribution >= 4 is 56.6 Å². The summed E-state index contributed by atoms with van der Waals surface area (Å²) in [5.74, 6) is 0.556. The zero-order valence-corrected chi connectivity index (χ0v) is 18.0. The number of aromatic nitrogens is 4. The van der Waals surface area contributed by atoms with E-state index in [2.05, 4.69) is 15.5 Å². The van der Waals surface area contributed by atoms with Crippen molar-refractivity contribution in [2.75, 3.05) is 5.75 Å². The molecule has 0 saturated heterocycles. The van der Waals surface area contributed by atoms with Crippen LogP contribution in [-0.2, 0) is 17.9 Å². The van der Waals surface area contributed by atoms with Gasteiger partial charge in [0.25, 0.3) is 5.56 Å². The molecule has 0 fully saturated rings. The molecule has 29 heavy (non-hydrogen) atoms. The molecule has 0 aliphatic heterocycles. The van der Waals surface area contributed by atoms with Crippen molar-refractivity contribution in [2.24, 2.45) is 0 Å². The fourth-order valence-corrected chi connectivity index (χ4v) is 4.83. The van der Waals surface area contributed by atoms with Gasteiger partial charge in [0.15, 0.2) is 5.16 Å². The molecule has 1 aromatic carbocycles. The maximum Gasteiger partial charge on any atom is 0.272 e. The lowest BCUT2D eigenvalue weighted by atomic mass is 10.2. The number of hydrogen-bond acceptors (Lipinski definition) is 6. The fourth-order valence-electron chi connectivity index (χ4n) is 3.04. The second kappa shape index (κ2) is 8.56. The third-order valence-electron chi connectivity index (χ3n) is 4.40. The number of thioether (sulfide) groups is 1. The van der Waals surface area contributed by atoms with E-state index >= 15 is 0 Å². The first-order chi connectivity index (χ1) is 14.1. The molecule has 0 aliphatic rings. The number of halogens is 1. The number of carbonyl (C=O) groups excluding carboxylic acids is 1. The SMILES string of the molecule is CCCn1c(=O)c2sccc2n2c(SCC(=O)NCc3ccccc3Cl)nnc12. The minimum Gasteiger partial charge on any atom is -0.351 e. The summed E-state index contributed by atoms with van der Waals surface area (Å²) in [4.78, 5) is 25.0. The molecule has 0 atom stereocenters. The molecule has 0 bridgehead atoms. The Labute approximate surface area is 179 Å². The summed E-state index contributed by atoms with van der Waals surface area (Å²) in [6, 6.07) is 9.29. The normalized spacial score (nSPS) is 11.4. The third-order valence-corrected chi connectivity index (χ3v) is 6.59. The average Bonchev–Trinajstić information content (AvgIpc) is 3.36. The van der Waals surface area contributed by atoms with Gasteiger partial charge in [0.1, 0.15) is 4.70 Å². The number of nitrogens with zero attached hydrogens (tertiary/aromatic N) is 4. The molecule has 4 rings (SSSR count). The highest BCUT2D eigenvalue weighted by atomic mass is 35.5. The average molecular weight is 448 g/mol. The maximum absolute atomic E-state index is 12.7. The summed E-state index contributed by atoms with van der Waals surface area (Å²) in [7, 11) is 0. The van der Waals surface area contributed by atoms with E-state index in [1.807, 2.05) is 41.0 Å². The minimum atomic E-state index is -0.130. The Balaban J connectivity index is 1.55. The summed E-state index contributed by atoms with van der Waals surface area (Å²) in [6.45, 7) is 2.94. The monoisotopic (exact) mass is 447 g/mol. The highest BCUT2D eigenvalue weighted by molar-refractivity contribution is 7.99. The first-order valence-corrected chi connectivity index (χ1v) is 11.3. The Bertz CT molecular complexity index is 1250. The summed E-state index contributed by atoms with van der Waals surface area (Å²) in [5, 5.41) is 14.4. The van der Waals surface area contributed by atoms with Gasteiger partial charge >= 0.3 is 0 Å². The maximum atomic E-state index is 12.7. The Morgan fingerprint density at radius 1 is 1.28 bits per heavy atom. The van der Waals surface area contributed by atoms with Crippen molar-refractivity contribution in [2.45, 2.75) is 31.6 Å². The number of rotatable bonds is 7. The molecule has 0 aliphatic carbocycles. The van der Waals surface area contributed by atoms with Gasteiger partial charge in [-0.1, -0.05) is 48.5 Å². The zero-order valence-electron chi connectivity index (χ0n) is 15.6. The highest BCUT2D eigenvalue weighted by Crippen LogP contribution is 2.24. The molecule has 150 valence electrons. The quantitative estimate of drug-likeness (QED) is 0.438. The zero-order chi connectivity index (χ0) is 20.4. The number of amides is 1. The second-order valence-corrected chi connectivity index (χ2v) is 8.63. The molecule has 3 heterocycles. The molecule has 3 aromatic heterocycles. The van der Waals surface area contributed by atoms with Gasteiger partial charge in [-0.3, -0.25) is 18.6 Å². The smallest absolute Gasteiger partial charge is 0.272 e. The van der Waals surface area contributed by atoms with Crippen LogP contribution in [0.15, 0.2) is 45.7 Å². The number of thiophene rings is 1. The first-order valence-electron chi connectivity index (χ1n) is 9.08. The van der Waals surface area contributed by atoms with Crippen LogP contribution in [0, 0.1) is 0 Å². The molecular formula is C19H18ClN5O2S2. The lowest BCUT2D eigenvalue weighted by Gasteiger charge is -2.08. The molecule has 0 saturated carbocycles. The van der Waals surface area contributed by atoms with Crippen LogP contribution in [0.3, 0.4) is 0 Å². The van der Waals surface area contributed by atoms with E-state index < -0.39 is 0 Å². The topological polar surface area (TPSA) is 81.3 Å². The van der Waals surface area contributed by atoms with Gasteiger partial charge < -0.3 is 5.32 Å². The summed E-state index contributed by atoms with van der Waals surface area (Å²) in [6.07, 6.45) is 0.812. The fraction of sp³-hybridized carbons (Fsp3) is 0.263. The second-order valence-electron chi connectivity index (χ2n) is 6.37. The van der Waals surface area contributed by atoms with Crippen LogP contribution in [0.4, 0.5) is 0 Å².